The van der Waals surface area contributed by atoms with Gasteiger partial charge in [-0.25, -0.2) is 4.79 Å². The maximum Gasteiger partial charge on any atom is 0.336 e. The van der Waals surface area contributed by atoms with Crippen molar-refractivity contribution in [2.24, 2.45) is 0 Å². The molecule has 0 bridgehead atoms. The zero-order valence-corrected chi connectivity index (χ0v) is 17.0. The van der Waals surface area contributed by atoms with Crippen molar-refractivity contribution in [3.05, 3.63) is 90.1 Å². The van der Waals surface area contributed by atoms with E-state index in [2.05, 4.69) is 52.9 Å². The molecule has 0 spiro atoms. The van der Waals surface area contributed by atoms with Crippen molar-refractivity contribution < 1.29 is 4.42 Å². The Morgan fingerprint density at radius 2 is 1.52 bits per heavy atom. The van der Waals surface area contributed by atoms with Crippen LogP contribution in [0.1, 0.15) is 26.4 Å². The number of fused-ring (bicyclic) bond motifs is 1. The van der Waals surface area contributed by atoms with E-state index in [1.54, 1.807) is 28.7 Å². The lowest BCUT2D eigenvalue weighted by molar-refractivity contribution is 0.253. The van der Waals surface area contributed by atoms with Crippen LogP contribution >= 0.6 is 22.7 Å². The minimum Gasteiger partial charge on any atom is -0.423 e. The van der Waals surface area contributed by atoms with Crippen LogP contribution in [0.3, 0.4) is 0 Å². The van der Waals surface area contributed by atoms with E-state index in [0.717, 1.165) is 29.6 Å². The standard InChI is InChI=1S/C22H21NO2S2/c1-15-9-20-17(11-22(24)25-21(20)10-16(15)2)12-23(13-18-5-3-7-26-18)14-19-6-4-8-27-19/h3-11H,12-14H2,1-2H3. The van der Waals surface area contributed by atoms with E-state index < -0.39 is 0 Å². The molecule has 27 heavy (non-hydrogen) atoms. The maximum absolute atomic E-state index is 12.1. The lowest BCUT2D eigenvalue weighted by Gasteiger charge is -2.22. The molecular formula is C22H21NO2S2. The summed E-state index contributed by atoms with van der Waals surface area (Å²) < 4.78 is 5.46. The summed E-state index contributed by atoms with van der Waals surface area (Å²) in [6.07, 6.45) is 0. The first-order valence-corrected chi connectivity index (χ1v) is 10.7. The number of hydrogen-bond acceptors (Lipinski definition) is 5. The molecule has 0 saturated heterocycles. The van der Waals surface area contributed by atoms with E-state index in [9.17, 15) is 4.79 Å². The molecule has 0 saturated carbocycles. The van der Waals surface area contributed by atoms with Gasteiger partial charge in [-0.1, -0.05) is 12.1 Å². The summed E-state index contributed by atoms with van der Waals surface area (Å²) in [6, 6.07) is 14.3. The molecule has 0 aliphatic rings. The van der Waals surface area contributed by atoms with Crippen molar-refractivity contribution in [1.82, 2.24) is 4.90 Å². The monoisotopic (exact) mass is 395 g/mol. The normalized spacial score (nSPS) is 11.5. The minimum atomic E-state index is -0.284. The second-order valence-corrected chi connectivity index (χ2v) is 8.89. The van der Waals surface area contributed by atoms with Gasteiger partial charge in [0.1, 0.15) is 5.58 Å². The van der Waals surface area contributed by atoms with Gasteiger partial charge in [0.15, 0.2) is 0 Å². The molecule has 0 amide bonds. The van der Waals surface area contributed by atoms with E-state index in [-0.39, 0.29) is 5.63 Å². The Bertz CT molecular complexity index is 1060. The molecule has 0 N–H and O–H groups in total. The highest BCUT2D eigenvalue weighted by Crippen LogP contribution is 2.25. The van der Waals surface area contributed by atoms with Crippen LogP contribution in [0.4, 0.5) is 0 Å². The highest BCUT2D eigenvalue weighted by Gasteiger charge is 2.14. The third-order valence-electron chi connectivity index (χ3n) is 4.76. The number of benzene rings is 1. The van der Waals surface area contributed by atoms with Crippen LogP contribution in [0, 0.1) is 13.8 Å². The van der Waals surface area contributed by atoms with Crippen molar-refractivity contribution in [1.29, 1.82) is 0 Å². The summed E-state index contributed by atoms with van der Waals surface area (Å²) in [4.78, 5) is 17.2. The van der Waals surface area contributed by atoms with Gasteiger partial charge in [0.05, 0.1) is 0 Å². The highest BCUT2D eigenvalue weighted by atomic mass is 32.1. The van der Waals surface area contributed by atoms with E-state index in [1.807, 2.05) is 13.0 Å². The van der Waals surface area contributed by atoms with Gasteiger partial charge in [-0.2, -0.15) is 0 Å². The van der Waals surface area contributed by atoms with Crippen molar-refractivity contribution in [3.63, 3.8) is 0 Å². The van der Waals surface area contributed by atoms with Crippen LogP contribution in [0.5, 0.6) is 0 Å². The quantitative estimate of drug-likeness (QED) is 0.391. The highest BCUT2D eigenvalue weighted by molar-refractivity contribution is 7.10. The zero-order chi connectivity index (χ0) is 18.8. The van der Waals surface area contributed by atoms with Crippen LogP contribution in [0.15, 0.2) is 62.4 Å². The first-order chi connectivity index (χ1) is 13.1. The van der Waals surface area contributed by atoms with Gasteiger partial charge in [0.2, 0.25) is 0 Å². The molecule has 1 aromatic carbocycles. The van der Waals surface area contributed by atoms with Gasteiger partial charge in [0.25, 0.3) is 0 Å². The van der Waals surface area contributed by atoms with Crippen LogP contribution in [-0.2, 0) is 19.6 Å². The topological polar surface area (TPSA) is 33.5 Å². The van der Waals surface area contributed by atoms with Crippen LogP contribution in [-0.4, -0.2) is 4.90 Å². The van der Waals surface area contributed by atoms with Gasteiger partial charge in [-0.05, 0) is 65.6 Å². The molecule has 3 nitrogen and oxygen atoms in total. The molecule has 0 radical (unpaired) electrons. The summed E-state index contributed by atoms with van der Waals surface area (Å²) in [5.41, 5.74) is 3.76. The fourth-order valence-corrected chi connectivity index (χ4v) is 4.76. The van der Waals surface area contributed by atoms with Gasteiger partial charge in [-0.15, -0.1) is 22.7 Å². The first kappa shape index (κ1) is 18.2. The fraction of sp³-hybridized carbons (Fsp3) is 0.227. The molecule has 4 rings (SSSR count). The second kappa shape index (κ2) is 7.80. The Labute approximate surface area is 166 Å². The summed E-state index contributed by atoms with van der Waals surface area (Å²) in [5, 5.41) is 5.24. The molecule has 0 fully saturated rings. The Kier molecular flexibility index (Phi) is 5.25. The fourth-order valence-electron chi connectivity index (χ4n) is 3.27. The molecule has 0 aliphatic carbocycles. The van der Waals surface area contributed by atoms with E-state index in [0.29, 0.717) is 12.1 Å². The van der Waals surface area contributed by atoms with Crippen molar-refractivity contribution in [3.8, 4) is 0 Å². The summed E-state index contributed by atoms with van der Waals surface area (Å²) in [5.74, 6) is 0. The largest absolute Gasteiger partial charge is 0.423 e. The summed E-state index contributed by atoms with van der Waals surface area (Å²) in [7, 11) is 0. The second-order valence-electron chi connectivity index (χ2n) is 6.83. The van der Waals surface area contributed by atoms with Crippen LogP contribution in [0.2, 0.25) is 0 Å². The average Bonchev–Trinajstić information content (AvgIpc) is 3.30. The number of thiophene rings is 2. The molecule has 3 heterocycles. The molecule has 3 aromatic heterocycles. The number of rotatable bonds is 6. The lowest BCUT2D eigenvalue weighted by atomic mass is 10.0. The smallest absolute Gasteiger partial charge is 0.336 e. The molecular weight excluding hydrogens is 374 g/mol. The first-order valence-electron chi connectivity index (χ1n) is 8.89. The molecule has 0 aliphatic heterocycles. The van der Waals surface area contributed by atoms with Gasteiger partial charge >= 0.3 is 5.63 Å². The predicted molar refractivity (Wildman–Crippen MR) is 114 cm³/mol. The molecule has 5 heteroatoms. The molecule has 0 unspecified atom stereocenters. The van der Waals surface area contributed by atoms with Crippen molar-refractivity contribution in [2.75, 3.05) is 0 Å². The molecule has 4 aromatic rings. The van der Waals surface area contributed by atoms with E-state index in [1.165, 1.54) is 15.3 Å². The Balaban J connectivity index is 1.71. The predicted octanol–water partition coefficient (Wildman–Crippen LogP) is 5.74. The average molecular weight is 396 g/mol. The number of hydrogen-bond donors (Lipinski definition) is 0. The summed E-state index contributed by atoms with van der Waals surface area (Å²) >= 11 is 3.53. The Hall–Kier alpha value is -2.21. The van der Waals surface area contributed by atoms with Gasteiger partial charge in [0, 0.05) is 40.8 Å². The maximum atomic E-state index is 12.1. The van der Waals surface area contributed by atoms with Gasteiger partial charge < -0.3 is 4.42 Å². The van der Waals surface area contributed by atoms with E-state index in [4.69, 9.17) is 4.42 Å². The van der Waals surface area contributed by atoms with Gasteiger partial charge in [-0.3, -0.25) is 4.90 Å². The third-order valence-corrected chi connectivity index (χ3v) is 6.48. The van der Waals surface area contributed by atoms with Crippen LogP contribution < -0.4 is 5.63 Å². The SMILES string of the molecule is Cc1cc2oc(=O)cc(CN(Cc3cccs3)Cc3cccs3)c2cc1C. The third kappa shape index (κ3) is 4.21. The van der Waals surface area contributed by atoms with Crippen molar-refractivity contribution in [2.45, 2.75) is 33.5 Å². The molecule has 0 atom stereocenters. The Morgan fingerprint density at radius 1 is 0.889 bits per heavy atom. The number of aryl methyl sites for hydroxylation is 2. The minimum absolute atomic E-state index is 0.284. The zero-order valence-electron chi connectivity index (χ0n) is 15.4. The van der Waals surface area contributed by atoms with E-state index >= 15 is 0 Å². The lowest BCUT2D eigenvalue weighted by Crippen LogP contribution is -2.22. The Morgan fingerprint density at radius 3 is 2.11 bits per heavy atom. The molecule has 138 valence electrons. The van der Waals surface area contributed by atoms with Crippen LogP contribution in [0.25, 0.3) is 11.0 Å². The number of nitrogens with zero attached hydrogens (tertiary/aromatic N) is 1. The summed E-state index contributed by atoms with van der Waals surface area (Å²) in [6.45, 7) is 6.57. The van der Waals surface area contributed by atoms with Crippen molar-refractivity contribution >= 4 is 33.6 Å².